The number of nitrogens with zero attached hydrogens (tertiary/aromatic N) is 2. The number of amides is 8. The number of carbonyl (C=O) groups excluding carboxylic acids is 8. The van der Waals surface area contributed by atoms with Crippen LogP contribution in [-0.2, 0) is 19.2 Å². The Hall–Kier alpha value is -9.48. The molecule has 0 aliphatic carbocycles. The average Bonchev–Trinajstić information content (AvgIpc) is 0.851. The van der Waals surface area contributed by atoms with E-state index in [-0.39, 0.29) is 47.3 Å². The van der Waals surface area contributed by atoms with E-state index in [1.54, 1.807) is 24.3 Å². The molecule has 0 bridgehead atoms. The highest BCUT2D eigenvalue weighted by molar-refractivity contribution is 8.77. The Morgan fingerprint density at radius 2 is 0.471 bits per heavy atom. The molecule has 8 aromatic rings. The smallest absolute Gasteiger partial charge is 0.252 e. The van der Waals surface area contributed by atoms with Gasteiger partial charge in [-0.2, -0.15) is 0 Å². The molecule has 0 aromatic heterocycles. The van der Waals surface area contributed by atoms with Gasteiger partial charge in [0.2, 0.25) is 23.6 Å². The van der Waals surface area contributed by atoms with Crippen LogP contribution in [-0.4, -0.2) is 102 Å². The first-order valence-corrected chi connectivity index (χ1v) is 38.9. The highest BCUT2D eigenvalue weighted by Crippen LogP contribution is 2.42. The summed E-state index contributed by atoms with van der Waals surface area (Å²) in [6.45, 7) is 2.07. The van der Waals surface area contributed by atoms with E-state index in [1.165, 1.54) is 43.2 Å². The zero-order chi connectivity index (χ0) is 72.5. The molecular formula is C80H94N10O8S4. The van der Waals surface area contributed by atoms with E-state index in [0.717, 1.165) is 131 Å². The number of carbonyl (C=O) groups is 8. The lowest BCUT2D eigenvalue weighted by Crippen LogP contribution is -2.25. The summed E-state index contributed by atoms with van der Waals surface area (Å²) in [6, 6.07) is 64.0. The van der Waals surface area contributed by atoms with Gasteiger partial charge in [0.1, 0.15) is 0 Å². The third-order valence-electron chi connectivity index (χ3n) is 15.9. The Labute approximate surface area is 616 Å². The number of rotatable bonds is 40. The number of hydrogen-bond acceptors (Lipinski definition) is 14. The van der Waals surface area contributed by atoms with Gasteiger partial charge in [0, 0.05) is 134 Å². The highest BCUT2D eigenvalue weighted by atomic mass is 33.1. The summed E-state index contributed by atoms with van der Waals surface area (Å²) in [7, 11) is 13.7. The molecule has 8 amide bonds. The number of nitrogens with one attached hydrogen (secondary N) is 8. The van der Waals surface area contributed by atoms with Crippen LogP contribution in [0, 0.1) is 0 Å². The molecule has 18 nitrogen and oxygen atoms in total. The van der Waals surface area contributed by atoms with Crippen LogP contribution in [0.15, 0.2) is 226 Å². The van der Waals surface area contributed by atoms with Crippen molar-refractivity contribution >= 4 is 125 Å². The fraction of sp³-hybridized carbons (Fsp3) is 0.300. The zero-order valence-electron chi connectivity index (χ0n) is 58.6. The first kappa shape index (κ1) is 79.8. The number of unbranched alkanes of at least 4 members (excludes halogenated alkanes) is 8. The van der Waals surface area contributed by atoms with Crippen LogP contribution in [0.5, 0.6) is 0 Å². The molecule has 0 fully saturated rings. The molecule has 8 rings (SSSR count). The maximum Gasteiger partial charge on any atom is 0.252 e. The predicted molar refractivity (Wildman–Crippen MR) is 421 cm³/mol. The molecular weight excluding hydrogens is 1360 g/mol. The maximum absolute atomic E-state index is 13.1. The number of anilines is 6. The standard InChI is InChI=1S/C42H52N6O4S2.C38H42N4O4S2/c1-47(2)33-25-21-31(22-26-33)45-39(49)19-7-5-13-29-43-41(51)35-15-9-11-17-37(35)53-54-38-18-12-10-16-36(38)42(52)44-30-14-6-8-20-40(50)46-32-23-27-34(28-24-32)48(3)4;43-35(41-29-17-5-1-6-18-29)25-9-3-15-27-39-37(45)31-21-11-13-23-33(31)47-48-34-24-14-12-22-32(34)38(46)40-28-16-4-10-26-36(44)42-30-19-7-2-8-20-30/h9-12,15-18,21-28H,5-8,13-14,19-20,29-30H2,1-4H3,(H,43,51)(H,44,52)(H,45,49)(H,46,50);1-2,5-8,11-14,17-24H,3-4,9-10,15-16,25-28H2,(H,39,45)(H,40,46)(H,41,43)(H,42,44). The van der Waals surface area contributed by atoms with Crippen LogP contribution < -0.4 is 52.3 Å². The average molecular weight is 1450 g/mol. The molecule has 0 unspecified atom stereocenters. The summed E-state index contributed by atoms with van der Waals surface area (Å²) in [6.07, 6.45) is 11.1. The summed E-state index contributed by atoms with van der Waals surface area (Å²) in [5.74, 6) is -0.658. The summed E-state index contributed by atoms with van der Waals surface area (Å²) < 4.78 is 0. The minimum Gasteiger partial charge on any atom is -0.378 e. The lowest BCUT2D eigenvalue weighted by molar-refractivity contribution is -0.117. The molecule has 0 saturated carbocycles. The lowest BCUT2D eigenvalue weighted by atomic mass is 10.1. The molecule has 0 aliphatic rings. The van der Waals surface area contributed by atoms with Crippen molar-refractivity contribution in [2.75, 3.05) is 85.4 Å². The quantitative estimate of drug-likeness (QED) is 0.0132. The molecule has 0 radical (unpaired) electrons. The number of para-hydroxylation sites is 2. The largest absolute Gasteiger partial charge is 0.378 e. The lowest BCUT2D eigenvalue weighted by Gasteiger charge is -2.13. The van der Waals surface area contributed by atoms with E-state index in [0.29, 0.717) is 74.1 Å². The van der Waals surface area contributed by atoms with Gasteiger partial charge in [-0.3, -0.25) is 38.4 Å². The van der Waals surface area contributed by atoms with Gasteiger partial charge in [0.25, 0.3) is 23.6 Å². The zero-order valence-corrected chi connectivity index (χ0v) is 61.8. The summed E-state index contributed by atoms with van der Waals surface area (Å²) in [4.78, 5) is 108. The van der Waals surface area contributed by atoms with Crippen molar-refractivity contribution in [2.24, 2.45) is 0 Å². The Bertz CT molecular complexity index is 3690. The van der Waals surface area contributed by atoms with Crippen LogP contribution in [0.3, 0.4) is 0 Å². The first-order valence-electron chi connectivity index (χ1n) is 34.6. The second-order valence-corrected chi connectivity index (χ2v) is 28.8. The summed E-state index contributed by atoms with van der Waals surface area (Å²) in [5, 5.41) is 23.7. The normalized spacial score (nSPS) is 10.6. The van der Waals surface area contributed by atoms with Crippen LogP contribution in [0.25, 0.3) is 0 Å². The van der Waals surface area contributed by atoms with Crippen LogP contribution >= 0.6 is 43.2 Å². The number of benzene rings is 8. The van der Waals surface area contributed by atoms with Gasteiger partial charge in [0.05, 0.1) is 22.3 Å². The monoisotopic (exact) mass is 1450 g/mol. The minimum atomic E-state index is -0.153. The van der Waals surface area contributed by atoms with Gasteiger partial charge >= 0.3 is 0 Å². The molecule has 0 saturated heterocycles. The summed E-state index contributed by atoms with van der Waals surface area (Å²) >= 11 is 0. The van der Waals surface area contributed by atoms with E-state index in [9.17, 15) is 38.4 Å². The van der Waals surface area contributed by atoms with E-state index in [2.05, 4.69) is 42.5 Å². The van der Waals surface area contributed by atoms with Gasteiger partial charge in [-0.25, -0.2) is 0 Å². The molecule has 0 atom stereocenters. The molecule has 0 aliphatic heterocycles. The van der Waals surface area contributed by atoms with Gasteiger partial charge in [-0.05, 0) is 173 Å². The highest BCUT2D eigenvalue weighted by Gasteiger charge is 2.19. The van der Waals surface area contributed by atoms with Crippen molar-refractivity contribution in [3.05, 3.63) is 229 Å². The summed E-state index contributed by atoms with van der Waals surface area (Å²) in [5.41, 5.74) is 7.61. The van der Waals surface area contributed by atoms with Crippen molar-refractivity contribution in [1.29, 1.82) is 0 Å². The molecule has 0 spiro atoms. The van der Waals surface area contributed by atoms with Crippen LogP contribution in [0.1, 0.15) is 144 Å². The maximum atomic E-state index is 13.1. The van der Waals surface area contributed by atoms with Crippen molar-refractivity contribution < 1.29 is 38.4 Å². The van der Waals surface area contributed by atoms with Crippen molar-refractivity contribution in [3.63, 3.8) is 0 Å². The molecule has 8 N–H and O–H groups in total. The van der Waals surface area contributed by atoms with Crippen LogP contribution in [0.2, 0.25) is 0 Å². The predicted octanol–water partition coefficient (Wildman–Crippen LogP) is 16.8. The minimum absolute atomic E-state index is 0.00911. The fourth-order valence-electron chi connectivity index (χ4n) is 10.2. The Morgan fingerprint density at radius 3 is 0.706 bits per heavy atom. The van der Waals surface area contributed by atoms with E-state index in [1.807, 2.05) is 220 Å². The van der Waals surface area contributed by atoms with Gasteiger partial charge in [-0.15, -0.1) is 0 Å². The SMILES string of the molecule is CN(C)c1ccc(NC(=O)CCCCCNC(=O)c2ccccc2SSc2ccccc2C(=O)NCCCCCC(=O)Nc2ccc(N(C)C)cc2)cc1.O=C(CCCCCNC(=O)c1ccccc1SSc1ccccc1C(=O)NCCCCCC(=O)Nc1ccccc1)Nc1ccccc1. The van der Waals surface area contributed by atoms with Crippen molar-refractivity contribution in [3.8, 4) is 0 Å². The Kier molecular flexibility index (Phi) is 35.5. The van der Waals surface area contributed by atoms with Gasteiger partial charge in [0.15, 0.2) is 0 Å². The van der Waals surface area contributed by atoms with Gasteiger partial charge < -0.3 is 52.3 Å². The Morgan fingerprint density at radius 1 is 0.255 bits per heavy atom. The Balaban J connectivity index is 0.000000288. The van der Waals surface area contributed by atoms with E-state index >= 15 is 0 Å². The van der Waals surface area contributed by atoms with Gasteiger partial charge in [-0.1, -0.05) is 154 Å². The first-order chi connectivity index (χ1) is 49.6. The third kappa shape index (κ3) is 29.6. The van der Waals surface area contributed by atoms with Crippen molar-refractivity contribution in [2.45, 2.75) is 122 Å². The second kappa shape index (κ2) is 45.4. The number of hydrogen-bond donors (Lipinski definition) is 8. The van der Waals surface area contributed by atoms with E-state index < -0.39 is 0 Å². The van der Waals surface area contributed by atoms with E-state index in [4.69, 9.17) is 0 Å². The topological polar surface area (TPSA) is 239 Å². The fourth-order valence-corrected chi connectivity index (χ4v) is 15.0. The van der Waals surface area contributed by atoms with Crippen molar-refractivity contribution in [1.82, 2.24) is 21.3 Å². The third-order valence-corrected chi connectivity index (χ3v) is 20.8. The molecule has 0 heterocycles. The molecule has 22 heteroatoms. The molecule has 8 aromatic carbocycles. The second-order valence-electron chi connectivity index (χ2n) is 24.4. The molecule has 102 heavy (non-hydrogen) atoms. The molecule has 536 valence electrons. The van der Waals surface area contributed by atoms with Crippen LogP contribution in [0.4, 0.5) is 34.1 Å².